The van der Waals surface area contributed by atoms with Crippen molar-refractivity contribution in [1.29, 1.82) is 0 Å². The van der Waals surface area contributed by atoms with Crippen molar-refractivity contribution in [1.82, 2.24) is 15.2 Å². The van der Waals surface area contributed by atoms with E-state index in [-0.39, 0.29) is 31.0 Å². The van der Waals surface area contributed by atoms with Crippen LogP contribution in [-0.2, 0) is 4.79 Å². The van der Waals surface area contributed by atoms with Crippen molar-refractivity contribution in [3.8, 4) is 5.75 Å². The van der Waals surface area contributed by atoms with Crippen molar-refractivity contribution in [3.05, 3.63) is 58.8 Å². The summed E-state index contributed by atoms with van der Waals surface area (Å²) in [5.41, 5.74) is 1.04. The van der Waals surface area contributed by atoms with E-state index in [1.54, 1.807) is 6.20 Å². The molecule has 2 aromatic rings. The number of benzene rings is 1. The molecule has 1 aromatic heterocycles. The van der Waals surface area contributed by atoms with Crippen LogP contribution in [0.4, 0.5) is 0 Å². The Hall–Kier alpha value is -1.63. The van der Waals surface area contributed by atoms with E-state index in [1.165, 1.54) is 0 Å². The molecule has 7 heteroatoms. The fourth-order valence-electron chi connectivity index (χ4n) is 2.63. The van der Waals surface area contributed by atoms with Crippen LogP contribution in [0.15, 0.2) is 53.3 Å². The van der Waals surface area contributed by atoms with E-state index in [0.717, 1.165) is 23.1 Å². The fourth-order valence-corrected chi connectivity index (χ4v) is 2.90. The summed E-state index contributed by atoms with van der Waals surface area (Å²) in [6.07, 6.45) is 3.55. The van der Waals surface area contributed by atoms with Crippen LogP contribution in [0.1, 0.15) is 11.6 Å². The number of ether oxygens (including phenoxy) is 1. The first-order valence-corrected chi connectivity index (χ1v) is 8.32. The van der Waals surface area contributed by atoms with Gasteiger partial charge in [0.05, 0.1) is 6.04 Å². The van der Waals surface area contributed by atoms with Crippen molar-refractivity contribution in [3.63, 3.8) is 0 Å². The van der Waals surface area contributed by atoms with Crippen molar-refractivity contribution in [2.75, 3.05) is 26.2 Å². The third kappa shape index (κ3) is 4.69. The van der Waals surface area contributed by atoms with Crippen LogP contribution in [0.3, 0.4) is 0 Å². The van der Waals surface area contributed by atoms with Gasteiger partial charge in [-0.05, 0) is 35.9 Å². The number of nitrogens with one attached hydrogen (secondary N) is 1. The molecule has 1 aromatic carbocycles. The SMILES string of the molecule is Cl.O=C(COc1ccc(Br)cc1)N1CCNCC1c1cccnc1. The smallest absolute Gasteiger partial charge is 0.261 e. The molecule has 0 aliphatic carbocycles. The lowest BCUT2D eigenvalue weighted by molar-refractivity contribution is -0.136. The minimum absolute atomic E-state index is 0. The molecule has 1 amide bonds. The van der Waals surface area contributed by atoms with Crippen molar-refractivity contribution < 1.29 is 9.53 Å². The van der Waals surface area contributed by atoms with E-state index in [2.05, 4.69) is 26.2 Å². The number of amides is 1. The van der Waals surface area contributed by atoms with Gasteiger partial charge in [0.2, 0.25) is 0 Å². The number of halogens is 2. The summed E-state index contributed by atoms with van der Waals surface area (Å²) in [6.45, 7) is 2.23. The predicted molar refractivity (Wildman–Crippen MR) is 98.4 cm³/mol. The number of nitrogens with zero attached hydrogens (tertiary/aromatic N) is 2. The quantitative estimate of drug-likeness (QED) is 0.839. The molecule has 24 heavy (non-hydrogen) atoms. The zero-order valence-corrected chi connectivity index (χ0v) is 15.4. The number of rotatable bonds is 4. The van der Waals surface area contributed by atoms with E-state index >= 15 is 0 Å². The number of pyridine rings is 1. The third-order valence-electron chi connectivity index (χ3n) is 3.81. The first-order valence-electron chi connectivity index (χ1n) is 7.52. The number of aromatic nitrogens is 1. The van der Waals surface area contributed by atoms with Gasteiger partial charge in [-0.25, -0.2) is 0 Å². The predicted octanol–water partition coefficient (Wildman–Crippen LogP) is 2.82. The van der Waals surface area contributed by atoms with Crippen LogP contribution in [0.25, 0.3) is 0 Å². The molecule has 1 atom stereocenters. The number of piperazine rings is 1. The van der Waals surface area contributed by atoms with Crippen LogP contribution in [0, 0.1) is 0 Å². The first-order chi connectivity index (χ1) is 11.2. The maximum Gasteiger partial charge on any atom is 0.261 e. The first kappa shape index (κ1) is 18.7. The van der Waals surface area contributed by atoms with Crippen LogP contribution < -0.4 is 10.1 Å². The summed E-state index contributed by atoms with van der Waals surface area (Å²) in [6, 6.07) is 11.4. The van der Waals surface area contributed by atoms with Gasteiger partial charge in [-0.2, -0.15) is 0 Å². The molecule has 0 saturated carbocycles. The van der Waals surface area contributed by atoms with Gasteiger partial charge in [-0.1, -0.05) is 22.0 Å². The standard InChI is InChI=1S/C17H18BrN3O2.ClH/c18-14-3-5-15(6-4-14)23-12-17(22)21-9-8-20-11-16(21)13-2-1-7-19-10-13;/h1-7,10,16,20H,8-9,11-12H2;1H. The molecule has 128 valence electrons. The summed E-state index contributed by atoms with van der Waals surface area (Å²) in [7, 11) is 0. The topological polar surface area (TPSA) is 54.5 Å². The highest BCUT2D eigenvalue weighted by molar-refractivity contribution is 9.10. The average molecular weight is 413 g/mol. The van der Waals surface area contributed by atoms with Gasteiger partial charge >= 0.3 is 0 Å². The van der Waals surface area contributed by atoms with Gasteiger partial charge in [0.15, 0.2) is 6.61 Å². The van der Waals surface area contributed by atoms with Gasteiger partial charge in [0, 0.05) is 36.5 Å². The Morgan fingerprint density at radius 3 is 2.83 bits per heavy atom. The average Bonchev–Trinajstić information content (AvgIpc) is 2.62. The zero-order chi connectivity index (χ0) is 16.1. The minimum atomic E-state index is -0.0109. The Labute approximate surface area is 155 Å². The van der Waals surface area contributed by atoms with Crippen LogP contribution >= 0.6 is 28.3 Å². The lowest BCUT2D eigenvalue weighted by Gasteiger charge is -2.36. The fraction of sp³-hybridized carbons (Fsp3) is 0.294. The highest BCUT2D eigenvalue weighted by Crippen LogP contribution is 2.22. The minimum Gasteiger partial charge on any atom is -0.484 e. The molecule has 1 fully saturated rings. The van der Waals surface area contributed by atoms with Gasteiger partial charge in [0.1, 0.15) is 5.75 Å². The van der Waals surface area contributed by atoms with Crippen molar-refractivity contribution in [2.45, 2.75) is 6.04 Å². The largest absolute Gasteiger partial charge is 0.484 e. The summed E-state index contributed by atoms with van der Waals surface area (Å²) < 4.78 is 6.59. The maximum absolute atomic E-state index is 12.6. The van der Waals surface area contributed by atoms with Gasteiger partial charge < -0.3 is 15.0 Å². The highest BCUT2D eigenvalue weighted by Gasteiger charge is 2.28. The molecule has 1 unspecified atom stereocenters. The molecular formula is C17H19BrClN3O2. The second-order valence-electron chi connectivity index (χ2n) is 5.34. The molecule has 1 aliphatic heterocycles. The molecule has 0 radical (unpaired) electrons. The lowest BCUT2D eigenvalue weighted by Crippen LogP contribution is -2.50. The summed E-state index contributed by atoms with van der Waals surface area (Å²) in [4.78, 5) is 18.6. The molecule has 0 spiro atoms. The Kier molecular flexibility index (Phi) is 7.02. The normalized spacial score (nSPS) is 17.0. The van der Waals surface area contributed by atoms with Crippen LogP contribution in [-0.4, -0.2) is 42.0 Å². The number of carbonyl (C=O) groups excluding carboxylic acids is 1. The second kappa shape index (κ2) is 9.01. The molecule has 1 saturated heterocycles. The van der Waals surface area contributed by atoms with E-state index < -0.39 is 0 Å². The van der Waals surface area contributed by atoms with E-state index in [0.29, 0.717) is 12.3 Å². The maximum atomic E-state index is 12.6. The van der Waals surface area contributed by atoms with Crippen LogP contribution in [0.5, 0.6) is 5.75 Å². The van der Waals surface area contributed by atoms with E-state index in [1.807, 2.05) is 47.5 Å². The Morgan fingerprint density at radius 1 is 1.33 bits per heavy atom. The van der Waals surface area contributed by atoms with Crippen molar-refractivity contribution in [2.24, 2.45) is 0 Å². The molecule has 5 nitrogen and oxygen atoms in total. The number of hydrogen-bond acceptors (Lipinski definition) is 4. The lowest BCUT2D eigenvalue weighted by atomic mass is 10.1. The molecule has 2 heterocycles. The van der Waals surface area contributed by atoms with Gasteiger partial charge in [-0.3, -0.25) is 9.78 Å². The highest BCUT2D eigenvalue weighted by atomic mass is 79.9. The molecule has 0 bridgehead atoms. The monoisotopic (exact) mass is 411 g/mol. The number of hydrogen-bond donors (Lipinski definition) is 1. The second-order valence-corrected chi connectivity index (χ2v) is 6.25. The Morgan fingerprint density at radius 2 is 2.12 bits per heavy atom. The Bertz CT molecular complexity index is 655. The third-order valence-corrected chi connectivity index (χ3v) is 4.34. The molecule has 3 rings (SSSR count). The zero-order valence-electron chi connectivity index (χ0n) is 13.0. The molecular weight excluding hydrogens is 394 g/mol. The van der Waals surface area contributed by atoms with Crippen LogP contribution in [0.2, 0.25) is 0 Å². The molecule has 1 aliphatic rings. The Balaban J connectivity index is 0.00000208. The summed E-state index contributed by atoms with van der Waals surface area (Å²) in [5.74, 6) is 0.679. The summed E-state index contributed by atoms with van der Waals surface area (Å²) >= 11 is 3.38. The van der Waals surface area contributed by atoms with E-state index in [9.17, 15) is 4.79 Å². The van der Waals surface area contributed by atoms with Gasteiger partial charge in [0.25, 0.3) is 5.91 Å². The number of carbonyl (C=O) groups is 1. The van der Waals surface area contributed by atoms with E-state index in [4.69, 9.17) is 4.74 Å². The summed E-state index contributed by atoms with van der Waals surface area (Å²) in [5, 5.41) is 3.33. The van der Waals surface area contributed by atoms with Crippen molar-refractivity contribution >= 4 is 34.2 Å². The molecule has 1 N–H and O–H groups in total. The van der Waals surface area contributed by atoms with Gasteiger partial charge in [-0.15, -0.1) is 12.4 Å².